The Kier molecular flexibility index (Phi) is 13.7. The predicted molar refractivity (Wildman–Crippen MR) is 208 cm³/mol. The number of ether oxygens (including phenoxy) is 8. The van der Waals surface area contributed by atoms with Crippen molar-refractivity contribution in [2.75, 3.05) is 41.9 Å². The number of likely N-dealkylation sites (tertiary alicyclic amines) is 1. The van der Waals surface area contributed by atoms with E-state index in [-0.39, 0.29) is 30.8 Å². The molecule has 0 amide bonds. The lowest BCUT2D eigenvalue weighted by atomic mass is 9.62. The lowest BCUT2D eigenvalue weighted by Crippen LogP contribution is -2.61. The van der Waals surface area contributed by atoms with Crippen LogP contribution in [0.2, 0.25) is 0 Å². The van der Waals surface area contributed by atoms with Crippen LogP contribution in [0.3, 0.4) is 0 Å². The van der Waals surface area contributed by atoms with Crippen LogP contribution < -0.4 is 0 Å². The Hall–Kier alpha value is -1.79. The molecular formula is C42H72N2O13. The average Bonchev–Trinajstić information content (AvgIpc) is 3.60. The summed E-state index contributed by atoms with van der Waals surface area (Å²) in [7, 11) is 8.70. The minimum absolute atomic E-state index is 0.0716. The summed E-state index contributed by atoms with van der Waals surface area (Å²) in [6, 6.07) is -0.982. The maximum absolute atomic E-state index is 15.1. The molecule has 15 nitrogen and oxygen atoms in total. The minimum atomic E-state index is -1.31. The molecule has 5 aliphatic rings. The molecule has 15 heteroatoms. The summed E-state index contributed by atoms with van der Waals surface area (Å²) in [6.07, 6.45) is -6.51. The highest BCUT2D eigenvalue weighted by molar-refractivity contribution is 5.91. The first kappa shape index (κ1) is 46.3. The van der Waals surface area contributed by atoms with Crippen molar-refractivity contribution in [1.82, 2.24) is 9.80 Å². The normalized spacial score (nSPS) is 50.4. The fourth-order valence-corrected chi connectivity index (χ4v) is 11.2. The number of hydrogen-bond donors (Lipinski definition) is 2. The predicted octanol–water partition coefficient (Wildman–Crippen LogP) is 2.94. The number of rotatable bonds is 8. The van der Waals surface area contributed by atoms with Crippen molar-refractivity contribution in [3.05, 3.63) is 0 Å². The zero-order valence-electron chi connectivity index (χ0n) is 37.0. The third-order valence-corrected chi connectivity index (χ3v) is 14.5. The first-order valence-electron chi connectivity index (χ1n) is 20.8. The number of carbonyl (C=O) groups excluding carboxylic acids is 3. The average molecular weight is 813 g/mol. The molecule has 5 rings (SSSR count). The highest BCUT2D eigenvalue weighted by Crippen LogP contribution is 2.56. The number of cyclic esters (lactones) is 1. The lowest BCUT2D eigenvalue weighted by molar-refractivity contribution is -0.319. The van der Waals surface area contributed by atoms with E-state index in [2.05, 4.69) is 0 Å². The number of hydrogen-bond acceptors (Lipinski definition) is 15. The van der Waals surface area contributed by atoms with Gasteiger partial charge >= 0.3 is 11.9 Å². The van der Waals surface area contributed by atoms with Crippen molar-refractivity contribution in [2.45, 2.75) is 179 Å². The Bertz CT molecular complexity index is 1470. The van der Waals surface area contributed by atoms with Crippen LogP contribution >= 0.6 is 0 Å². The standard InChI is InChI=1S/C42H72N2O13/c1-16-27-42(10)32-29(37(49)57-42)44(13)20-39(32,7)33(46)21(2)18-41(9,51-15)35(56-38-30(45)26(43(11)12)17-22(3)52-38)23(4)31(24(5)36(48)54-27)55-28-19-40(8,50-14)34(47)25(6)53-28/h21-32,34-35,38,45,47H,16-20H2,1-15H3/t21-,22-,23-,24-,25+,26+,27-,28+,29-,30-,31?,32-,34+,35-,38+,39-,40-,41+,42-/m1/s1. The molecule has 0 aromatic rings. The Balaban J connectivity index is 1.66. The van der Waals surface area contributed by atoms with Crippen LogP contribution in [0.25, 0.3) is 0 Å². The number of Topliss-reactive ketones (excluding diaryl/α,β-unsaturated/α-hetero) is 1. The molecule has 5 heterocycles. The molecule has 2 N–H and O–H groups in total. The van der Waals surface area contributed by atoms with Gasteiger partial charge in [-0.2, -0.15) is 0 Å². The molecular weight excluding hydrogens is 740 g/mol. The summed E-state index contributed by atoms with van der Waals surface area (Å²) in [5.41, 5.74) is -4.61. The second kappa shape index (κ2) is 16.9. The molecule has 0 aromatic heterocycles. The van der Waals surface area contributed by atoms with E-state index in [1.165, 1.54) is 7.11 Å². The van der Waals surface area contributed by atoms with Crippen LogP contribution in [0.15, 0.2) is 0 Å². The first-order chi connectivity index (χ1) is 26.4. The zero-order valence-corrected chi connectivity index (χ0v) is 37.0. The van der Waals surface area contributed by atoms with Crippen molar-refractivity contribution in [3.8, 4) is 0 Å². The van der Waals surface area contributed by atoms with E-state index >= 15 is 4.79 Å². The van der Waals surface area contributed by atoms with Crippen LogP contribution in [-0.4, -0.2) is 164 Å². The van der Waals surface area contributed by atoms with Crippen molar-refractivity contribution in [3.63, 3.8) is 0 Å². The topological polar surface area (TPSA) is 172 Å². The Morgan fingerprint density at radius 3 is 2.11 bits per heavy atom. The van der Waals surface area contributed by atoms with Gasteiger partial charge in [0.2, 0.25) is 0 Å². The van der Waals surface area contributed by atoms with Gasteiger partial charge in [0, 0.05) is 56.4 Å². The molecule has 0 aromatic carbocycles. The molecule has 5 fully saturated rings. The number of aliphatic hydroxyl groups excluding tert-OH is 2. The maximum Gasteiger partial charge on any atom is 0.324 e. The summed E-state index contributed by atoms with van der Waals surface area (Å²) in [5, 5.41) is 22.8. The lowest BCUT2D eigenvalue weighted by Gasteiger charge is -2.50. The van der Waals surface area contributed by atoms with Gasteiger partial charge in [0.1, 0.15) is 30.1 Å². The number of ketones is 1. The molecule has 0 saturated carbocycles. The Labute approximate surface area is 339 Å². The molecule has 5 saturated heterocycles. The monoisotopic (exact) mass is 813 g/mol. The summed E-state index contributed by atoms with van der Waals surface area (Å²) in [4.78, 5) is 47.3. The SMILES string of the molecule is CC[C@H]1OC(=O)[C@H](C)C(O[C@H]2C[C@@](C)(OC)[C@@H](O)[C@H](C)O2)[C@@H](C)[C@@H](O[C@@H]2O[C@H](C)C[C@H](N(C)C)[C@H]2O)[C@@](C)(OC)C[C@@H](C)C(=O)[C@]2(C)CN(C)[C@H]3C(=O)O[C@@]1(C)[C@H]32. The molecule has 0 radical (unpaired) electrons. The van der Waals surface area contributed by atoms with E-state index in [1.54, 1.807) is 34.8 Å². The van der Waals surface area contributed by atoms with Crippen LogP contribution in [0.4, 0.5) is 0 Å². The van der Waals surface area contributed by atoms with E-state index in [0.29, 0.717) is 19.4 Å². The minimum Gasteiger partial charge on any atom is -0.458 e. The number of aliphatic hydroxyl groups is 2. The van der Waals surface area contributed by atoms with Crippen molar-refractivity contribution in [1.29, 1.82) is 0 Å². The smallest absolute Gasteiger partial charge is 0.324 e. The number of methoxy groups -OCH3 is 2. The van der Waals surface area contributed by atoms with Crippen molar-refractivity contribution >= 4 is 17.7 Å². The van der Waals surface area contributed by atoms with E-state index in [4.69, 9.17) is 37.9 Å². The van der Waals surface area contributed by atoms with Gasteiger partial charge in [-0.25, -0.2) is 0 Å². The van der Waals surface area contributed by atoms with Gasteiger partial charge in [-0.3, -0.25) is 19.3 Å². The highest BCUT2D eigenvalue weighted by atomic mass is 16.7. The van der Waals surface area contributed by atoms with E-state index < -0.39 is 113 Å². The number of esters is 2. The van der Waals surface area contributed by atoms with Crippen LogP contribution in [0.1, 0.15) is 94.9 Å². The molecule has 0 aliphatic carbocycles. The third kappa shape index (κ3) is 8.20. The fourth-order valence-electron chi connectivity index (χ4n) is 11.2. The van der Waals surface area contributed by atoms with Gasteiger partial charge in [0.05, 0.1) is 41.5 Å². The molecule has 5 aliphatic heterocycles. The first-order valence-corrected chi connectivity index (χ1v) is 20.8. The summed E-state index contributed by atoms with van der Waals surface area (Å²) < 4.78 is 51.2. The van der Waals surface area contributed by atoms with Gasteiger partial charge in [0.15, 0.2) is 18.2 Å². The second-order valence-corrected chi connectivity index (χ2v) is 19.0. The van der Waals surface area contributed by atoms with Crippen molar-refractivity contribution < 1.29 is 62.5 Å². The maximum atomic E-state index is 15.1. The molecule has 57 heavy (non-hydrogen) atoms. The van der Waals surface area contributed by atoms with Gasteiger partial charge in [-0.1, -0.05) is 27.7 Å². The number of nitrogens with zero attached hydrogens (tertiary/aromatic N) is 2. The largest absolute Gasteiger partial charge is 0.458 e. The molecule has 1 unspecified atom stereocenters. The second-order valence-electron chi connectivity index (χ2n) is 19.0. The fraction of sp³-hybridized carbons (Fsp3) is 0.929. The summed E-state index contributed by atoms with van der Waals surface area (Å²) in [6.45, 7) is 18.7. The Morgan fingerprint density at radius 2 is 1.53 bits per heavy atom. The van der Waals surface area contributed by atoms with Gasteiger partial charge in [-0.05, 0) is 81.9 Å². The van der Waals surface area contributed by atoms with Gasteiger partial charge in [0.25, 0.3) is 0 Å². The molecule has 0 spiro atoms. The van der Waals surface area contributed by atoms with Crippen molar-refractivity contribution in [2.24, 2.45) is 29.1 Å². The number of carbonyl (C=O) groups is 3. The molecule has 0 bridgehead atoms. The third-order valence-electron chi connectivity index (χ3n) is 14.5. The number of likely N-dealkylation sites (N-methyl/N-ethyl adjacent to an activating group) is 2. The zero-order chi connectivity index (χ0) is 42.7. The molecule has 328 valence electrons. The molecule has 19 atom stereocenters. The van der Waals surface area contributed by atoms with E-state index in [1.807, 2.05) is 72.5 Å². The highest BCUT2D eigenvalue weighted by Gasteiger charge is 2.71. The van der Waals surface area contributed by atoms with Crippen LogP contribution in [0, 0.1) is 29.1 Å². The summed E-state index contributed by atoms with van der Waals surface area (Å²) in [5.74, 6) is -4.00. The van der Waals surface area contributed by atoms with Gasteiger partial charge < -0.3 is 53.0 Å². The van der Waals surface area contributed by atoms with E-state index in [9.17, 15) is 19.8 Å². The quantitative estimate of drug-likeness (QED) is 0.343. The van der Waals surface area contributed by atoms with Gasteiger partial charge in [-0.15, -0.1) is 0 Å². The van der Waals surface area contributed by atoms with E-state index in [0.717, 1.165) is 0 Å². The van der Waals surface area contributed by atoms with Crippen LogP contribution in [0.5, 0.6) is 0 Å². The Morgan fingerprint density at radius 1 is 0.895 bits per heavy atom. The van der Waals surface area contributed by atoms with Crippen LogP contribution in [-0.2, 0) is 52.3 Å². The summed E-state index contributed by atoms with van der Waals surface area (Å²) >= 11 is 0.